The highest BCUT2D eigenvalue weighted by Gasteiger charge is 2.46. The first kappa shape index (κ1) is 11.2. The number of ketones is 1. The van der Waals surface area contributed by atoms with Crippen LogP contribution in [-0.2, 0) is 11.8 Å². The standard InChI is InChI=1S/C13H14F2O/c1-12(2,3)9-4-5-10-8(6-9)7-13(14,15)11(10)16/h4-6H,7H2,1-3H3. The number of halogens is 2. The number of carbonyl (C=O) groups is 1. The van der Waals surface area contributed by atoms with Crippen molar-refractivity contribution in [1.82, 2.24) is 0 Å². The van der Waals surface area contributed by atoms with Crippen LogP contribution in [0, 0.1) is 0 Å². The summed E-state index contributed by atoms with van der Waals surface area (Å²) in [5.41, 5.74) is 1.55. The molecule has 16 heavy (non-hydrogen) atoms. The van der Waals surface area contributed by atoms with Gasteiger partial charge in [0.15, 0.2) is 0 Å². The zero-order valence-electron chi connectivity index (χ0n) is 9.60. The van der Waals surface area contributed by atoms with E-state index in [1.165, 1.54) is 6.07 Å². The molecule has 0 radical (unpaired) electrons. The zero-order chi connectivity index (χ0) is 12.1. The van der Waals surface area contributed by atoms with Crippen molar-refractivity contribution >= 4 is 5.78 Å². The molecule has 1 aliphatic carbocycles. The minimum atomic E-state index is -3.21. The van der Waals surface area contributed by atoms with Crippen molar-refractivity contribution in [2.24, 2.45) is 0 Å². The van der Waals surface area contributed by atoms with E-state index in [-0.39, 0.29) is 11.0 Å². The van der Waals surface area contributed by atoms with Crippen LogP contribution >= 0.6 is 0 Å². The van der Waals surface area contributed by atoms with E-state index in [1.807, 2.05) is 20.8 Å². The largest absolute Gasteiger partial charge is 0.313 e. The molecule has 2 rings (SSSR count). The lowest BCUT2D eigenvalue weighted by atomic mass is 9.85. The fraction of sp³-hybridized carbons (Fsp3) is 0.462. The molecule has 0 amide bonds. The van der Waals surface area contributed by atoms with E-state index in [4.69, 9.17) is 0 Å². The second-order valence-electron chi connectivity index (χ2n) is 5.33. The third kappa shape index (κ3) is 1.64. The van der Waals surface area contributed by atoms with Crippen molar-refractivity contribution in [2.75, 3.05) is 0 Å². The normalized spacial score (nSPS) is 18.7. The number of hydrogen-bond acceptors (Lipinski definition) is 1. The number of carbonyl (C=O) groups excluding carboxylic acids is 1. The molecular formula is C13H14F2O. The van der Waals surface area contributed by atoms with E-state index in [1.54, 1.807) is 12.1 Å². The Kier molecular flexibility index (Phi) is 2.19. The van der Waals surface area contributed by atoms with Gasteiger partial charge >= 0.3 is 5.92 Å². The van der Waals surface area contributed by atoms with Crippen molar-refractivity contribution in [3.63, 3.8) is 0 Å². The number of rotatable bonds is 0. The van der Waals surface area contributed by atoms with Gasteiger partial charge in [0.2, 0.25) is 5.78 Å². The van der Waals surface area contributed by atoms with Gasteiger partial charge in [0, 0.05) is 12.0 Å². The molecule has 0 saturated carbocycles. The molecule has 0 atom stereocenters. The molecule has 0 fully saturated rings. The number of Topliss-reactive ketones (excluding diaryl/α,β-unsaturated/α-hetero) is 1. The molecule has 1 nitrogen and oxygen atoms in total. The Hall–Kier alpha value is -1.25. The van der Waals surface area contributed by atoms with Gasteiger partial charge in [0.25, 0.3) is 0 Å². The van der Waals surface area contributed by atoms with Gasteiger partial charge in [-0.05, 0) is 16.5 Å². The maximum atomic E-state index is 13.2. The second-order valence-corrected chi connectivity index (χ2v) is 5.33. The molecule has 0 N–H and O–H groups in total. The summed E-state index contributed by atoms with van der Waals surface area (Å²) in [6.07, 6.45) is -0.453. The molecule has 86 valence electrons. The number of alkyl halides is 2. The van der Waals surface area contributed by atoms with Crippen LogP contribution in [0.25, 0.3) is 0 Å². The number of fused-ring (bicyclic) bond motifs is 1. The average Bonchev–Trinajstić information content (AvgIpc) is 2.36. The number of hydrogen-bond donors (Lipinski definition) is 0. The summed E-state index contributed by atoms with van der Waals surface area (Å²) in [4.78, 5) is 11.3. The predicted octanol–water partition coefficient (Wildman–Crippen LogP) is 3.36. The highest BCUT2D eigenvalue weighted by Crippen LogP contribution is 2.36. The predicted molar refractivity (Wildman–Crippen MR) is 58.1 cm³/mol. The second kappa shape index (κ2) is 3.12. The highest BCUT2D eigenvalue weighted by molar-refractivity contribution is 6.05. The van der Waals surface area contributed by atoms with Gasteiger partial charge in [-0.1, -0.05) is 39.0 Å². The fourth-order valence-corrected chi connectivity index (χ4v) is 1.94. The van der Waals surface area contributed by atoms with Crippen LogP contribution in [0.3, 0.4) is 0 Å². The molecule has 1 aliphatic rings. The first-order chi connectivity index (χ1) is 7.22. The first-order valence-electron chi connectivity index (χ1n) is 5.28. The Morgan fingerprint density at radius 2 is 1.88 bits per heavy atom. The minimum Gasteiger partial charge on any atom is -0.287 e. The summed E-state index contributed by atoms with van der Waals surface area (Å²) in [5, 5.41) is 0. The summed E-state index contributed by atoms with van der Waals surface area (Å²) in [7, 11) is 0. The Morgan fingerprint density at radius 3 is 2.44 bits per heavy atom. The van der Waals surface area contributed by atoms with Crippen molar-refractivity contribution in [1.29, 1.82) is 0 Å². The van der Waals surface area contributed by atoms with Gasteiger partial charge in [0.1, 0.15) is 0 Å². The highest BCUT2D eigenvalue weighted by atomic mass is 19.3. The fourth-order valence-electron chi connectivity index (χ4n) is 1.94. The summed E-state index contributed by atoms with van der Waals surface area (Å²) in [6, 6.07) is 5.02. The summed E-state index contributed by atoms with van der Waals surface area (Å²) in [6.45, 7) is 6.05. The molecule has 0 unspecified atom stereocenters. The van der Waals surface area contributed by atoms with Gasteiger partial charge in [0.05, 0.1) is 0 Å². The van der Waals surface area contributed by atoms with Gasteiger partial charge in [-0.25, -0.2) is 0 Å². The van der Waals surface area contributed by atoms with Gasteiger partial charge in [-0.3, -0.25) is 4.79 Å². The quantitative estimate of drug-likeness (QED) is 0.660. The van der Waals surface area contributed by atoms with E-state index < -0.39 is 18.1 Å². The lowest BCUT2D eigenvalue weighted by Gasteiger charge is -2.19. The van der Waals surface area contributed by atoms with E-state index in [9.17, 15) is 13.6 Å². The average molecular weight is 224 g/mol. The summed E-state index contributed by atoms with van der Waals surface area (Å²) in [5.74, 6) is -4.25. The van der Waals surface area contributed by atoms with Gasteiger partial charge < -0.3 is 0 Å². The van der Waals surface area contributed by atoms with Crippen LogP contribution in [-0.4, -0.2) is 11.7 Å². The Morgan fingerprint density at radius 1 is 1.25 bits per heavy atom. The maximum absolute atomic E-state index is 13.2. The zero-order valence-corrected chi connectivity index (χ0v) is 9.60. The monoisotopic (exact) mass is 224 g/mol. The summed E-state index contributed by atoms with van der Waals surface area (Å²) >= 11 is 0. The van der Waals surface area contributed by atoms with Crippen LogP contribution in [0.1, 0.15) is 42.3 Å². The maximum Gasteiger partial charge on any atom is 0.313 e. The topological polar surface area (TPSA) is 17.1 Å². The molecule has 0 heterocycles. The summed E-state index contributed by atoms with van der Waals surface area (Å²) < 4.78 is 26.4. The molecule has 0 bridgehead atoms. The van der Waals surface area contributed by atoms with E-state index >= 15 is 0 Å². The van der Waals surface area contributed by atoms with E-state index in [0.717, 1.165) is 5.56 Å². The molecule has 1 aromatic carbocycles. The minimum absolute atomic E-state index is 0.0873. The van der Waals surface area contributed by atoms with Crippen molar-refractivity contribution < 1.29 is 13.6 Å². The van der Waals surface area contributed by atoms with Crippen LogP contribution in [0.5, 0.6) is 0 Å². The smallest absolute Gasteiger partial charge is 0.287 e. The van der Waals surface area contributed by atoms with Crippen LogP contribution < -0.4 is 0 Å². The molecule has 1 aromatic rings. The van der Waals surface area contributed by atoms with Crippen LogP contribution in [0.2, 0.25) is 0 Å². The lowest BCUT2D eigenvalue weighted by molar-refractivity contribution is 0.0168. The lowest BCUT2D eigenvalue weighted by Crippen LogP contribution is -2.23. The van der Waals surface area contributed by atoms with E-state index in [2.05, 4.69) is 0 Å². The third-order valence-electron chi connectivity index (χ3n) is 2.96. The van der Waals surface area contributed by atoms with Gasteiger partial charge in [-0.15, -0.1) is 0 Å². The molecule has 0 spiro atoms. The van der Waals surface area contributed by atoms with Crippen molar-refractivity contribution in [2.45, 2.75) is 38.5 Å². The van der Waals surface area contributed by atoms with Crippen LogP contribution in [0.15, 0.2) is 18.2 Å². The van der Waals surface area contributed by atoms with E-state index in [0.29, 0.717) is 5.56 Å². The Labute approximate surface area is 93.5 Å². The molecule has 3 heteroatoms. The first-order valence-corrected chi connectivity index (χ1v) is 5.28. The molecular weight excluding hydrogens is 210 g/mol. The molecule has 0 aromatic heterocycles. The Balaban J connectivity index is 2.50. The Bertz CT molecular complexity index is 455. The van der Waals surface area contributed by atoms with Gasteiger partial charge in [-0.2, -0.15) is 8.78 Å². The number of benzene rings is 1. The van der Waals surface area contributed by atoms with Crippen LogP contribution in [0.4, 0.5) is 8.78 Å². The van der Waals surface area contributed by atoms with Crippen molar-refractivity contribution in [3.8, 4) is 0 Å². The molecule has 0 saturated heterocycles. The third-order valence-corrected chi connectivity index (χ3v) is 2.96. The molecule has 0 aliphatic heterocycles. The SMILES string of the molecule is CC(C)(C)c1ccc2c(c1)CC(F)(F)C2=O. The van der Waals surface area contributed by atoms with Crippen molar-refractivity contribution in [3.05, 3.63) is 34.9 Å².